The second kappa shape index (κ2) is 8.79. The molecule has 3 amide bonds. The summed E-state index contributed by atoms with van der Waals surface area (Å²) in [6.45, 7) is 4.51. The molecule has 2 saturated carbocycles. The number of hydrogen-bond donors (Lipinski definition) is 0. The molecule has 200 valence electrons. The van der Waals surface area contributed by atoms with Crippen molar-refractivity contribution in [1.29, 1.82) is 0 Å². The maximum atomic E-state index is 13.5. The van der Waals surface area contributed by atoms with Gasteiger partial charge in [-0.1, -0.05) is 12.2 Å². The Labute approximate surface area is 226 Å². The largest absolute Gasteiger partial charge is 0.494 e. The lowest BCUT2D eigenvalue weighted by Gasteiger charge is -2.37. The first-order valence-corrected chi connectivity index (χ1v) is 13.8. The third-order valence-corrected chi connectivity index (χ3v) is 9.21. The Kier molecular flexibility index (Phi) is 5.44. The van der Waals surface area contributed by atoms with Crippen LogP contribution in [0.15, 0.2) is 54.6 Å². The number of nitrogens with zero attached hydrogens (tertiary/aromatic N) is 2. The number of aryl methyl sites for hydroxylation is 1. The Morgan fingerprint density at radius 3 is 2.18 bits per heavy atom. The molecule has 2 aromatic rings. The van der Waals surface area contributed by atoms with Crippen LogP contribution in [0.1, 0.15) is 25.3 Å². The minimum atomic E-state index is -0.594. The number of ether oxygens (including phenoxy) is 2. The summed E-state index contributed by atoms with van der Waals surface area (Å²) in [5, 5.41) is 0. The molecule has 6 aliphatic rings. The highest BCUT2D eigenvalue weighted by atomic mass is 16.5. The van der Waals surface area contributed by atoms with Crippen molar-refractivity contribution in [1.82, 2.24) is 0 Å². The van der Waals surface area contributed by atoms with Gasteiger partial charge in [0, 0.05) is 18.7 Å². The highest BCUT2D eigenvalue weighted by Gasteiger charge is 2.67. The van der Waals surface area contributed by atoms with E-state index in [4.69, 9.17) is 9.47 Å². The number of benzene rings is 2. The lowest BCUT2D eigenvalue weighted by molar-refractivity contribution is -0.139. The normalized spacial score (nSPS) is 31.9. The molecule has 0 N–H and O–H groups in total. The summed E-state index contributed by atoms with van der Waals surface area (Å²) in [5.41, 5.74) is 1.94. The summed E-state index contributed by atoms with van der Waals surface area (Å²) in [6, 6.07) is 12.2. The molecule has 39 heavy (non-hydrogen) atoms. The van der Waals surface area contributed by atoms with E-state index in [0.717, 1.165) is 12.2 Å². The smallest absolute Gasteiger partial charge is 0.316 e. The highest BCUT2D eigenvalue weighted by molar-refractivity contribution is 6.23. The quantitative estimate of drug-likeness (QED) is 0.245. The summed E-state index contributed by atoms with van der Waals surface area (Å²) in [6.07, 6.45) is 5.52. The zero-order valence-corrected chi connectivity index (χ0v) is 21.9. The molecule has 0 radical (unpaired) electrons. The van der Waals surface area contributed by atoms with E-state index < -0.39 is 11.9 Å². The molecule has 2 saturated heterocycles. The standard InChI is InChI=1S/C31H30N2O6/c1-3-38-19-6-4-18(5-7-19)32-15-17(13-26(32)34)31(37)39-20-8-11-25(16(2)12-20)33-29(35)27-21-9-10-22(24-14-23(21)24)28(27)30(33)36/h4-12,17,21-24,27-28H,3,13-15H2,1-2H3/t17-,21+,22+,23-,24+,27-,28+/m1/s1. The molecule has 2 aliphatic heterocycles. The van der Waals surface area contributed by atoms with Crippen LogP contribution < -0.4 is 19.3 Å². The SMILES string of the molecule is CCOc1ccc(N2C[C@H](C(=O)Oc3ccc(N4C(=O)[C@@H]5[C@H]6C=C[C@@H]([C@@H]7C[C@H]67)[C@@H]5C4=O)c(C)c3)CC2=O)cc1. The molecule has 2 bridgehead atoms. The number of carbonyl (C=O) groups is 4. The Morgan fingerprint density at radius 2 is 1.56 bits per heavy atom. The van der Waals surface area contributed by atoms with E-state index in [1.165, 1.54) is 4.90 Å². The number of carbonyl (C=O) groups excluding carboxylic acids is 4. The average molecular weight is 527 g/mol. The second-order valence-corrected chi connectivity index (χ2v) is 11.4. The third-order valence-electron chi connectivity index (χ3n) is 9.21. The Hall–Kier alpha value is -3.94. The number of hydrogen-bond acceptors (Lipinski definition) is 6. The van der Waals surface area contributed by atoms with Crippen LogP contribution in [-0.4, -0.2) is 36.8 Å². The van der Waals surface area contributed by atoms with Gasteiger partial charge in [-0.15, -0.1) is 0 Å². The predicted molar refractivity (Wildman–Crippen MR) is 142 cm³/mol. The Balaban J connectivity index is 1.04. The summed E-state index contributed by atoms with van der Waals surface area (Å²) in [5.74, 6) is 0.538. The minimum Gasteiger partial charge on any atom is -0.494 e. The van der Waals surface area contributed by atoms with Crippen molar-refractivity contribution in [3.63, 3.8) is 0 Å². The average Bonchev–Trinajstić information content (AvgIpc) is 3.61. The van der Waals surface area contributed by atoms with Crippen molar-refractivity contribution in [2.75, 3.05) is 23.0 Å². The summed E-state index contributed by atoms with van der Waals surface area (Å²) in [7, 11) is 0. The van der Waals surface area contributed by atoms with Crippen molar-refractivity contribution < 1.29 is 28.7 Å². The monoisotopic (exact) mass is 526 g/mol. The zero-order valence-electron chi connectivity index (χ0n) is 21.9. The first kappa shape index (κ1) is 24.1. The van der Waals surface area contributed by atoms with Gasteiger partial charge in [-0.3, -0.25) is 19.2 Å². The Morgan fingerprint density at radius 1 is 0.923 bits per heavy atom. The molecule has 4 fully saturated rings. The van der Waals surface area contributed by atoms with E-state index in [1.54, 1.807) is 47.4 Å². The molecule has 2 aromatic carbocycles. The van der Waals surface area contributed by atoms with Gasteiger partial charge < -0.3 is 14.4 Å². The number of esters is 1. The van der Waals surface area contributed by atoms with Gasteiger partial charge in [0.1, 0.15) is 11.5 Å². The molecular weight excluding hydrogens is 496 g/mol. The van der Waals surface area contributed by atoms with E-state index in [2.05, 4.69) is 12.2 Å². The van der Waals surface area contributed by atoms with Crippen LogP contribution in [0.3, 0.4) is 0 Å². The van der Waals surface area contributed by atoms with Gasteiger partial charge in [0.2, 0.25) is 17.7 Å². The first-order chi connectivity index (χ1) is 18.9. The van der Waals surface area contributed by atoms with Crippen molar-refractivity contribution in [3.05, 3.63) is 60.2 Å². The minimum absolute atomic E-state index is 0.0705. The number of amides is 3. The first-order valence-electron chi connectivity index (χ1n) is 13.8. The van der Waals surface area contributed by atoms with Crippen molar-refractivity contribution in [2.45, 2.75) is 26.7 Å². The number of anilines is 2. The molecule has 0 aromatic heterocycles. The second-order valence-electron chi connectivity index (χ2n) is 11.4. The zero-order chi connectivity index (χ0) is 27.0. The summed E-state index contributed by atoms with van der Waals surface area (Å²) >= 11 is 0. The molecule has 8 heteroatoms. The molecular formula is C31H30N2O6. The molecule has 7 atom stereocenters. The van der Waals surface area contributed by atoms with Gasteiger partial charge in [0.25, 0.3) is 0 Å². The van der Waals surface area contributed by atoms with Gasteiger partial charge in [-0.25, -0.2) is 4.90 Å². The van der Waals surface area contributed by atoms with Crippen LogP contribution in [0.5, 0.6) is 11.5 Å². The van der Waals surface area contributed by atoms with Crippen molar-refractivity contribution >= 4 is 35.1 Å². The lowest BCUT2D eigenvalue weighted by Crippen LogP contribution is -2.40. The highest BCUT2D eigenvalue weighted by Crippen LogP contribution is 2.65. The van der Waals surface area contributed by atoms with Gasteiger partial charge in [-0.2, -0.15) is 0 Å². The van der Waals surface area contributed by atoms with Crippen LogP contribution in [0.25, 0.3) is 0 Å². The van der Waals surface area contributed by atoms with Crippen LogP contribution in [0, 0.1) is 48.3 Å². The molecule has 8 nitrogen and oxygen atoms in total. The van der Waals surface area contributed by atoms with E-state index >= 15 is 0 Å². The van der Waals surface area contributed by atoms with E-state index in [0.29, 0.717) is 41.1 Å². The lowest BCUT2D eigenvalue weighted by atomic mass is 9.63. The maximum Gasteiger partial charge on any atom is 0.316 e. The van der Waals surface area contributed by atoms with Crippen molar-refractivity contribution in [3.8, 4) is 11.5 Å². The number of rotatable bonds is 6. The summed E-state index contributed by atoms with van der Waals surface area (Å²) < 4.78 is 11.1. The van der Waals surface area contributed by atoms with Gasteiger partial charge >= 0.3 is 5.97 Å². The number of imide groups is 1. The third kappa shape index (κ3) is 3.72. The summed E-state index contributed by atoms with van der Waals surface area (Å²) in [4.78, 5) is 55.5. The molecule has 4 aliphatic carbocycles. The maximum absolute atomic E-state index is 13.5. The van der Waals surface area contributed by atoms with E-state index in [-0.39, 0.29) is 54.4 Å². The van der Waals surface area contributed by atoms with Crippen LogP contribution in [-0.2, 0) is 19.2 Å². The van der Waals surface area contributed by atoms with Crippen LogP contribution in [0.4, 0.5) is 11.4 Å². The number of allylic oxidation sites excluding steroid dienone is 2. The van der Waals surface area contributed by atoms with Gasteiger partial charge in [0.15, 0.2) is 0 Å². The van der Waals surface area contributed by atoms with Crippen LogP contribution >= 0.6 is 0 Å². The fourth-order valence-corrected chi connectivity index (χ4v) is 7.34. The van der Waals surface area contributed by atoms with E-state index in [1.807, 2.05) is 13.8 Å². The fourth-order valence-electron chi connectivity index (χ4n) is 7.34. The van der Waals surface area contributed by atoms with Crippen LogP contribution in [0.2, 0.25) is 0 Å². The topological polar surface area (TPSA) is 93.2 Å². The fraction of sp³-hybridized carbons (Fsp3) is 0.419. The molecule has 0 spiro atoms. The molecule has 8 rings (SSSR count). The van der Waals surface area contributed by atoms with Crippen molar-refractivity contribution in [2.24, 2.45) is 41.4 Å². The van der Waals surface area contributed by atoms with E-state index in [9.17, 15) is 19.2 Å². The Bertz CT molecular complexity index is 1400. The van der Waals surface area contributed by atoms with Gasteiger partial charge in [0.05, 0.1) is 30.0 Å². The molecule has 2 heterocycles. The van der Waals surface area contributed by atoms with Gasteiger partial charge in [-0.05, 0) is 92.0 Å². The molecule has 0 unspecified atom stereocenters. The predicted octanol–water partition coefficient (Wildman–Crippen LogP) is 3.91.